The Balaban J connectivity index is 2.58. The van der Waals surface area contributed by atoms with Gasteiger partial charge in [0, 0.05) is 33.2 Å². The maximum Gasteiger partial charge on any atom is 0.312 e. The SMILES string of the molecule is CC(C)CCCCCCCCCCC(C(=O)O)(C1CC(C)(C)N(C)C(C)(C)C1)C(C(=O)O)(C1CC(C)(C)N(C)C(C)(C)C1)C(CC(=O)O)(C(=O)O)C1CC(C)(C)N(C)C(C)(C)C1. The number of piperidine rings is 3. The first-order valence-corrected chi connectivity index (χ1v) is 24.2. The summed E-state index contributed by atoms with van der Waals surface area (Å²) in [6.45, 7) is 28.9. The van der Waals surface area contributed by atoms with Crippen LogP contribution in [0.1, 0.15) is 206 Å². The summed E-state index contributed by atoms with van der Waals surface area (Å²) in [7, 11) is 6.01. The van der Waals surface area contributed by atoms with Gasteiger partial charge >= 0.3 is 23.9 Å². The van der Waals surface area contributed by atoms with Gasteiger partial charge in [-0.05, 0) is 173 Å². The van der Waals surface area contributed by atoms with E-state index in [2.05, 4.69) is 56.2 Å². The molecule has 0 aromatic heterocycles. The summed E-state index contributed by atoms with van der Waals surface area (Å²) < 4.78 is 0. The lowest BCUT2D eigenvalue weighted by molar-refractivity contribution is -0.253. The van der Waals surface area contributed by atoms with Crippen LogP contribution in [0, 0.1) is 39.9 Å². The fourth-order valence-corrected chi connectivity index (χ4v) is 14.3. The van der Waals surface area contributed by atoms with E-state index in [9.17, 15) is 25.2 Å². The first kappa shape index (κ1) is 54.1. The predicted molar refractivity (Wildman–Crippen MR) is 249 cm³/mol. The number of hydrogen-bond acceptors (Lipinski definition) is 7. The maximum absolute atomic E-state index is 15.7. The van der Waals surface area contributed by atoms with Crippen LogP contribution in [-0.4, -0.2) is 113 Å². The Labute approximate surface area is 377 Å². The summed E-state index contributed by atoms with van der Waals surface area (Å²) >= 11 is 0. The minimum absolute atomic E-state index is 0.0508. The van der Waals surface area contributed by atoms with Crippen LogP contribution in [0.15, 0.2) is 0 Å². The van der Waals surface area contributed by atoms with Crippen molar-refractivity contribution in [3.8, 4) is 0 Å². The van der Waals surface area contributed by atoms with E-state index in [1.54, 1.807) is 0 Å². The molecule has 11 nitrogen and oxygen atoms in total. The largest absolute Gasteiger partial charge is 0.481 e. The molecule has 0 radical (unpaired) electrons. The van der Waals surface area contributed by atoms with Gasteiger partial charge in [0.15, 0.2) is 0 Å². The quantitative estimate of drug-likeness (QED) is 0.0813. The minimum atomic E-state index is -2.55. The molecule has 3 fully saturated rings. The molecule has 11 heteroatoms. The Hall–Kier alpha value is -2.24. The average Bonchev–Trinajstić information content (AvgIpc) is 3.09. The van der Waals surface area contributed by atoms with Crippen LogP contribution in [0.3, 0.4) is 0 Å². The van der Waals surface area contributed by atoms with Crippen molar-refractivity contribution in [3.05, 3.63) is 0 Å². The second-order valence-electron chi connectivity index (χ2n) is 24.9. The molecule has 3 rings (SSSR count). The van der Waals surface area contributed by atoms with Gasteiger partial charge in [0.25, 0.3) is 0 Å². The van der Waals surface area contributed by atoms with Gasteiger partial charge in [0.05, 0.1) is 17.3 Å². The highest BCUT2D eigenvalue weighted by atomic mass is 16.4. The van der Waals surface area contributed by atoms with Crippen molar-refractivity contribution >= 4 is 23.9 Å². The highest BCUT2D eigenvalue weighted by molar-refractivity contribution is 5.96. The molecular formula is C51H93N3O8. The molecule has 0 aromatic rings. The Kier molecular flexibility index (Phi) is 16.5. The lowest BCUT2D eigenvalue weighted by atomic mass is 9.34. The Morgan fingerprint density at radius 2 is 0.758 bits per heavy atom. The fraction of sp³-hybridized carbons (Fsp3) is 0.922. The van der Waals surface area contributed by atoms with Gasteiger partial charge in [-0.15, -0.1) is 0 Å². The van der Waals surface area contributed by atoms with Crippen LogP contribution in [-0.2, 0) is 19.2 Å². The molecular weight excluding hydrogens is 783 g/mol. The number of likely N-dealkylation sites (tertiary alicyclic amines) is 3. The van der Waals surface area contributed by atoms with Crippen molar-refractivity contribution in [2.45, 2.75) is 239 Å². The van der Waals surface area contributed by atoms with Gasteiger partial charge in [0.2, 0.25) is 0 Å². The van der Waals surface area contributed by atoms with Crippen LogP contribution in [0.4, 0.5) is 0 Å². The number of hydrogen-bond donors (Lipinski definition) is 4. The lowest BCUT2D eigenvalue weighted by Gasteiger charge is -2.68. The zero-order chi connectivity index (χ0) is 47.9. The van der Waals surface area contributed by atoms with Crippen molar-refractivity contribution in [3.63, 3.8) is 0 Å². The van der Waals surface area contributed by atoms with Gasteiger partial charge in [0.1, 0.15) is 5.41 Å². The van der Waals surface area contributed by atoms with Crippen molar-refractivity contribution in [2.75, 3.05) is 21.1 Å². The monoisotopic (exact) mass is 876 g/mol. The zero-order valence-corrected chi connectivity index (χ0v) is 42.6. The molecule has 3 aliphatic heterocycles. The van der Waals surface area contributed by atoms with Crippen LogP contribution in [0.2, 0.25) is 0 Å². The number of carbonyl (C=O) groups is 4. The first-order chi connectivity index (χ1) is 28.1. The van der Waals surface area contributed by atoms with Gasteiger partial charge in [-0.25, -0.2) is 0 Å². The maximum atomic E-state index is 15.7. The van der Waals surface area contributed by atoms with Crippen LogP contribution in [0.5, 0.6) is 0 Å². The molecule has 0 saturated carbocycles. The van der Waals surface area contributed by atoms with Crippen LogP contribution in [0.25, 0.3) is 0 Å². The van der Waals surface area contributed by atoms with Crippen molar-refractivity contribution in [1.29, 1.82) is 0 Å². The molecule has 0 bridgehead atoms. The molecule has 3 heterocycles. The zero-order valence-electron chi connectivity index (χ0n) is 42.6. The fourth-order valence-electron chi connectivity index (χ4n) is 14.3. The number of carboxylic acids is 4. The van der Waals surface area contributed by atoms with Crippen molar-refractivity contribution in [2.24, 2.45) is 39.9 Å². The van der Waals surface area contributed by atoms with E-state index in [0.717, 1.165) is 25.7 Å². The van der Waals surface area contributed by atoms with E-state index < -0.39 is 97.5 Å². The van der Waals surface area contributed by atoms with Crippen LogP contribution < -0.4 is 0 Å². The number of nitrogens with zero attached hydrogens (tertiary/aromatic N) is 3. The van der Waals surface area contributed by atoms with E-state index in [1.807, 2.05) is 76.5 Å². The molecule has 3 atom stereocenters. The van der Waals surface area contributed by atoms with Gasteiger partial charge in [-0.1, -0.05) is 71.6 Å². The summed E-state index contributed by atoms with van der Waals surface area (Å²) in [5.41, 5.74) is -11.1. The third-order valence-corrected chi connectivity index (χ3v) is 18.0. The normalized spacial score (nSPS) is 26.3. The third kappa shape index (κ3) is 9.95. The van der Waals surface area contributed by atoms with E-state index >= 15 is 14.4 Å². The summed E-state index contributed by atoms with van der Waals surface area (Å²) in [6.07, 6.45) is 9.07. The summed E-state index contributed by atoms with van der Waals surface area (Å²) in [5.74, 6) is -7.80. The van der Waals surface area contributed by atoms with Gasteiger partial charge in [-0.2, -0.15) is 0 Å². The van der Waals surface area contributed by atoms with Crippen LogP contribution >= 0.6 is 0 Å². The first-order valence-electron chi connectivity index (χ1n) is 24.2. The lowest BCUT2D eigenvalue weighted by Crippen LogP contribution is -2.76. The smallest absolute Gasteiger partial charge is 0.312 e. The molecule has 0 amide bonds. The van der Waals surface area contributed by atoms with E-state index in [1.165, 1.54) is 19.3 Å². The molecule has 3 aliphatic rings. The summed E-state index contributed by atoms with van der Waals surface area (Å²) in [6, 6.07) is 0. The highest BCUT2D eigenvalue weighted by Gasteiger charge is 2.81. The standard InChI is InChI=1S/C51H93N3O8/c1-35(2)26-24-22-20-18-19-21-23-25-27-49(40(57)58,36-28-43(3,4)52(15)44(5,6)29-36)51(42(61)62,38-32-47(11,12)54(17)48(13,14)33-38)50(41(59)60,34-39(55)56)37-30-45(7,8)53(16)46(9,10)31-37/h35-38H,18-34H2,1-17H3,(H,55,56)(H,57,58)(H,59,60)(H,61,62). The molecule has 0 spiro atoms. The molecule has 0 aliphatic carbocycles. The molecule has 360 valence electrons. The molecule has 3 saturated heterocycles. The molecule has 3 unspecified atom stereocenters. The third-order valence-electron chi connectivity index (χ3n) is 18.0. The van der Waals surface area contributed by atoms with Gasteiger partial charge in [-0.3, -0.25) is 33.9 Å². The van der Waals surface area contributed by atoms with E-state index in [-0.39, 0.29) is 32.1 Å². The predicted octanol–water partition coefficient (Wildman–Crippen LogP) is 10.9. The second-order valence-corrected chi connectivity index (χ2v) is 24.9. The Bertz CT molecular complexity index is 1550. The molecule has 4 N–H and O–H groups in total. The summed E-state index contributed by atoms with van der Waals surface area (Å²) in [4.78, 5) is 66.8. The van der Waals surface area contributed by atoms with E-state index in [0.29, 0.717) is 31.6 Å². The highest BCUT2D eigenvalue weighted by Crippen LogP contribution is 2.73. The Morgan fingerprint density at radius 1 is 0.468 bits per heavy atom. The number of aliphatic carboxylic acids is 4. The van der Waals surface area contributed by atoms with Crippen molar-refractivity contribution < 1.29 is 39.6 Å². The topological polar surface area (TPSA) is 159 Å². The number of rotatable bonds is 21. The van der Waals surface area contributed by atoms with Gasteiger partial charge < -0.3 is 20.4 Å². The minimum Gasteiger partial charge on any atom is -0.481 e. The summed E-state index contributed by atoms with van der Waals surface area (Å²) in [5, 5.41) is 48.9. The number of unbranched alkanes of at least 4 members (excludes halogenated alkanes) is 7. The van der Waals surface area contributed by atoms with Crippen molar-refractivity contribution in [1.82, 2.24) is 14.7 Å². The second kappa shape index (κ2) is 18.9. The number of carboxylic acid groups (broad SMARTS) is 4. The van der Waals surface area contributed by atoms with E-state index in [4.69, 9.17) is 0 Å². The Morgan fingerprint density at radius 3 is 1.05 bits per heavy atom. The molecule has 0 aromatic carbocycles. The average molecular weight is 876 g/mol. The molecule has 62 heavy (non-hydrogen) atoms.